The molecule has 1 unspecified atom stereocenters. The van der Waals surface area contributed by atoms with Gasteiger partial charge in [0.15, 0.2) is 0 Å². The fourth-order valence-electron chi connectivity index (χ4n) is 2.49. The average Bonchev–Trinajstić information content (AvgIpc) is 2.42. The third-order valence-corrected chi connectivity index (χ3v) is 4.72. The molecule has 0 aliphatic carbocycles. The minimum atomic E-state index is -0.550. The standard InChI is InChI=1S/C16H14BrClO2/c1-9-6-10(2-4-13(9)17)16-8-14(19)12-7-11(18)3-5-15(12)20-16/h2-7,14,16,19H,8H2,1H3/t14-,16?/m1/s1. The van der Waals surface area contributed by atoms with Crippen LogP contribution < -0.4 is 4.74 Å². The van der Waals surface area contributed by atoms with Gasteiger partial charge in [-0.15, -0.1) is 0 Å². The van der Waals surface area contributed by atoms with Gasteiger partial charge in [-0.25, -0.2) is 0 Å². The van der Waals surface area contributed by atoms with E-state index in [2.05, 4.69) is 22.0 Å². The van der Waals surface area contributed by atoms with E-state index < -0.39 is 6.10 Å². The maximum Gasteiger partial charge on any atom is 0.127 e. The van der Waals surface area contributed by atoms with Gasteiger partial charge in [-0.2, -0.15) is 0 Å². The Morgan fingerprint density at radius 2 is 2.05 bits per heavy atom. The molecule has 0 fully saturated rings. The molecule has 1 aliphatic rings. The van der Waals surface area contributed by atoms with Gasteiger partial charge < -0.3 is 9.84 Å². The van der Waals surface area contributed by atoms with E-state index in [1.165, 1.54) is 0 Å². The fraction of sp³-hybridized carbons (Fsp3) is 0.250. The summed E-state index contributed by atoms with van der Waals surface area (Å²) in [6.07, 6.45) is -0.147. The first-order valence-electron chi connectivity index (χ1n) is 6.45. The van der Waals surface area contributed by atoms with Crippen LogP contribution in [0.3, 0.4) is 0 Å². The molecule has 1 aliphatic heterocycles. The molecule has 2 aromatic rings. The summed E-state index contributed by atoms with van der Waals surface area (Å²) in [5.74, 6) is 0.707. The van der Waals surface area contributed by atoms with Crippen LogP contribution in [0.5, 0.6) is 5.75 Å². The lowest BCUT2D eigenvalue weighted by Crippen LogP contribution is -2.19. The van der Waals surface area contributed by atoms with Crippen LogP contribution in [0.4, 0.5) is 0 Å². The van der Waals surface area contributed by atoms with Gasteiger partial charge in [-0.1, -0.05) is 39.7 Å². The molecule has 0 amide bonds. The van der Waals surface area contributed by atoms with Crippen LogP contribution in [0, 0.1) is 6.92 Å². The van der Waals surface area contributed by atoms with Crippen LogP contribution in [0.1, 0.15) is 35.3 Å². The van der Waals surface area contributed by atoms with E-state index in [1.54, 1.807) is 12.1 Å². The van der Waals surface area contributed by atoms with E-state index in [9.17, 15) is 5.11 Å². The third-order valence-electron chi connectivity index (χ3n) is 3.59. The maximum absolute atomic E-state index is 10.3. The van der Waals surface area contributed by atoms with E-state index in [-0.39, 0.29) is 6.10 Å². The molecule has 104 valence electrons. The second kappa shape index (κ2) is 5.40. The van der Waals surface area contributed by atoms with E-state index in [4.69, 9.17) is 16.3 Å². The number of rotatable bonds is 1. The second-order valence-corrected chi connectivity index (χ2v) is 6.34. The molecule has 0 saturated heterocycles. The van der Waals surface area contributed by atoms with Crippen molar-refractivity contribution in [3.63, 3.8) is 0 Å². The van der Waals surface area contributed by atoms with Gasteiger partial charge in [0.1, 0.15) is 11.9 Å². The summed E-state index contributed by atoms with van der Waals surface area (Å²) >= 11 is 9.46. The number of halogens is 2. The van der Waals surface area contributed by atoms with E-state index in [0.29, 0.717) is 17.2 Å². The molecule has 0 aromatic heterocycles. The number of fused-ring (bicyclic) bond motifs is 1. The lowest BCUT2D eigenvalue weighted by molar-refractivity contribution is 0.0657. The Morgan fingerprint density at radius 1 is 1.25 bits per heavy atom. The first-order valence-corrected chi connectivity index (χ1v) is 7.62. The van der Waals surface area contributed by atoms with Crippen LogP contribution in [-0.2, 0) is 0 Å². The predicted molar refractivity (Wildman–Crippen MR) is 83.3 cm³/mol. The Morgan fingerprint density at radius 3 is 2.80 bits per heavy atom. The van der Waals surface area contributed by atoms with Crippen LogP contribution in [0.2, 0.25) is 5.02 Å². The normalized spacial score (nSPS) is 21.2. The molecule has 3 rings (SSSR count). The lowest BCUT2D eigenvalue weighted by Gasteiger charge is -2.30. The summed E-state index contributed by atoms with van der Waals surface area (Å²) in [6.45, 7) is 2.04. The highest BCUT2D eigenvalue weighted by Gasteiger charge is 2.28. The molecule has 2 atom stereocenters. The molecular weight excluding hydrogens is 340 g/mol. The van der Waals surface area contributed by atoms with Gasteiger partial charge in [0.05, 0.1) is 6.10 Å². The zero-order valence-electron chi connectivity index (χ0n) is 10.9. The number of hydrogen-bond acceptors (Lipinski definition) is 2. The molecule has 1 N–H and O–H groups in total. The monoisotopic (exact) mass is 352 g/mol. The highest BCUT2D eigenvalue weighted by Crippen LogP contribution is 2.42. The summed E-state index contributed by atoms with van der Waals surface area (Å²) in [5.41, 5.74) is 3.00. The topological polar surface area (TPSA) is 29.5 Å². The van der Waals surface area contributed by atoms with Crippen molar-refractivity contribution in [3.05, 3.63) is 62.6 Å². The van der Waals surface area contributed by atoms with Crippen molar-refractivity contribution in [3.8, 4) is 5.75 Å². The number of aliphatic hydroxyl groups is 1. The minimum absolute atomic E-state index is 0.134. The molecular formula is C16H14BrClO2. The van der Waals surface area contributed by atoms with Gasteiger partial charge in [-0.05, 0) is 42.3 Å². The van der Waals surface area contributed by atoms with E-state index in [0.717, 1.165) is 21.2 Å². The van der Waals surface area contributed by atoms with Crippen molar-refractivity contribution in [1.29, 1.82) is 0 Å². The predicted octanol–water partition coefficient (Wildman–Crippen LogP) is 4.97. The Balaban J connectivity index is 1.94. The lowest BCUT2D eigenvalue weighted by atomic mass is 9.94. The van der Waals surface area contributed by atoms with Gasteiger partial charge >= 0.3 is 0 Å². The molecule has 1 heterocycles. The Labute approximate surface area is 131 Å². The maximum atomic E-state index is 10.3. The van der Waals surface area contributed by atoms with E-state index >= 15 is 0 Å². The van der Waals surface area contributed by atoms with Crippen molar-refractivity contribution >= 4 is 27.5 Å². The van der Waals surface area contributed by atoms with Crippen LogP contribution in [0.15, 0.2) is 40.9 Å². The molecule has 20 heavy (non-hydrogen) atoms. The zero-order chi connectivity index (χ0) is 14.3. The Bertz CT molecular complexity index is 657. The summed E-state index contributed by atoms with van der Waals surface area (Å²) in [5, 5.41) is 10.9. The van der Waals surface area contributed by atoms with Crippen molar-refractivity contribution in [2.24, 2.45) is 0 Å². The summed E-state index contributed by atoms with van der Waals surface area (Å²) in [6, 6.07) is 11.5. The number of ether oxygens (including phenoxy) is 1. The minimum Gasteiger partial charge on any atom is -0.485 e. The highest BCUT2D eigenvalue weighted by molar-refractivity contribution is 9.10. The molecule has 0 bridgehead atoms. The van der Waals surface area contributed by atoms with Crippen molar-refractivity contribution in [2.45, 2.75) is 25.6 Å². The Kier molecular flexibility index (Phi) is 3.76. The molecule has 0 saturated carbocycles. The fourth-order valence-corrected chi connectivity index (χ4v) is 2.92. The average molecular weight is 354 g/mol. The van der Waals surface area contributed by atoms with Crippen molar-refractivity contribution in [1.82, 2.24) is 0 Å². The molecule has 4 heteroatoms. The zero-order valence-corrected chi connectivity index (χ0v) is 13.3. The van der Waals surface area contributed by atoms with Crippen LogP contribution in [0.25, 0.3) is 0 Å². The summed E-state index contributed by atoms with van der Waals surface area (Å²) in [7, 11) is 0. The third kappa shape index (κ3) is 2.58. The highest BCUT2D eigenvalue weighted by atomic mass is 79.9. The first kappa shape index (κ1) is 13.9. The largest absolute Gasteiger partial charge is 0.485 e. The van der Waals surface area contributed by atoms with Gasteiger partial charge in [0.2, 0.25) is 0 Å². The Hall–Kier alpha value is -1.03. The molecule has 0 radical (unpaired) electrons. The van der Waals surface area contributed by atoms with Gasteiger partial charge in [0.25, 0.3) is 0 Å². The first-order chi connectivity index (χ1) is 9.54. The van der Waals surface area contributed by atoms with Crippen LogP contribution >= 0.6 is 27.5 Å². The number of aliphatic hydroxyl groups excluding tert-OH is 1. The molecule has 2 aromatic carbocycles. The molecule has 0 spiro atoms. The van der Waals surface area contributed by atoms with Crippen molar-refractivity contribution in [2.75, 3.05) is 0 Å². The number of aryl methyl sites for hydroxylation is 1. The second-order valence-electron chi connectivity index (χ2n) is 5.05. The number of benzene rings is 2. The molecule has 2 nitrogen and oxygen atoms in total. The smallest absolute Gasteiger partial charge is 0.127 e. The summed E-state index contributed by atoms with van der Waals surface area (Å²) in [4.78, 5) is 0. The van der Waals surface area contributed by atoms with Crippen LogP contribution in [-0.4, -0.2) is 5.11 Å². The SMILES string of the molecule is Cc1cc(C2C[C@@H](O)c3cc(Cl)ccc3O2)ccc1Br. The quantitative estimate of drug-likeness (QED) is 0.784. The summed E-state index contributed by atoms with van der Waals surface area (Å²) < 4.78 is 7.08. The number of hydrogen-bond donors (Lipinski definition) is 1. The van der Waals surface area contributed by atoms with Crippen molar-refractivity contribution < 1.29 is 9.84 Å². The van der Waals surface area contributed by atoms with E-state index in [1.807, 2.05) is 25.1 Å². The van der Waals surface area contributed by atoms with Gasteiger partial charge in [0, 0.05) is 21.5 Å². The van der Waals surface area contributed by atoms with Gasteiger partial charge in [-0.3, -0.25) is 0 Å².